The van der Waals surface area contributed by atoms with Gasteiger partial charge in [-0.3, -0.25) is 14.9 Å². The van der Waals surface area contributed by atoms with E-state index in [9.17, 15) is 14.9 Å². The second-order valence-corrected chi connectivity index (χ2v) is 7.17. The molecule has 144 valence electrons. The highest BCUT2D eigenvalue weighted by molar-refractivity contribution is 7.99. The zero-order valence-corrected chi connectivity index (χ0v) is 16.8. The van der Waals surface area contributed by atoms with E-state index in [1.165, 1.54) is 24.9 Å². The highest BCUT2D eigenvalue weighted by Crippen LogP contribution is 2.29. The number of carbonyl (C=O) groups excluding carboxylic acids is 1. The van der Waals surface area contributed by atoms with Crippen LogP contribution in [0.15, 0.2) is 36.4 Å². The number of hydrogen-bond acceptors (Lipinski definition) is 5. The van der Waals surface area contributed by atoms with Crippen molar-refractivity contribution >= 4 is 29.0 Å². The third-order valence-corrected chi connectivity index (χ3v) is 5.20. The van der Waals surface area contributed by atoms with Gasteiger partial charge < -0.3 is 9.64 Å². The van der Waals surface area contributed by atoms with Gasteiger partial charge in [0.25, 0.3) is 0 Å². The molecule has 0 aliphatic heterocycles. The zero-order chi connectivity index (χ0) is 20.0. The topological polar surface area (TPSA) is 72.7 Å². The highest BCUT2D eigenvalue weighted by atomic mass is 32.2. The zero-order valence-electron chi connectivity index (χ0n) is 16.0. The van der Waals surface area contributed by atoms with Crippen molar-refractivity contribution in [3.8, 4) is 5.75 Å². The highest BCUT2D eigenvalue weighted by Gasteiger charge is 2.18. The SMILES string of the molecule is CCN(C(=O)CSCc1ccc(OC)c([N+](=O)[O-])c1)c1cc(C)ccc1C. The number of methoxy groups -OCH3 is 1. The van der Waals surface area contributed by atoms with Crippen LogP contribution in [0.3, 0.4) is 0 Å². The molecule has 6 nitrogen and oxygen atoms in total. The van der Waals surface area contributed by atoms with Crippen LogP contribution in [0.2, 0.25) is 0 Å². The summed E-state index contributed by atoms with van der Waals surface area (Å²) in [6.07, 6.45) is 0. The lowest BCUT2D eigenvalue weighted by molar-refractivity contribution is -0.385. The number of rotatable bonds is 8. The van der Waals surface area contributed by atoms with E-state index in [0.29, 0.717) is 18.1 Å². The molecule has 2 rings (SSSR count). The van der Waals surface area contributed by atoms with Crippen LogP contribution in [0.4, 0.5) is 11.4 Å². The number of nitro groups is 1. The van der Waals surface area contributed by atoms with Gasteiger partial charge in [0.2, 0.25) is 5.91 Å². The Hall–Kier alpha value is -2.54. The Morgan fingerprint density at radius 1 is 1.22 bits per heavy atom. The Labute approximate surface area is 163 Å². The van der Waals surface area contributed by atoms with Crippen LogP contribution >= 0.6 is 11.8 Å². The molecule has 0 aliphatic carbocycles. The minimum Gasteiger partial charge on any atom is -0.490 e. The van der Waals surface area contributed by atoms with Crippen molar-refractivity contribution in [2.75, 3.05) is 24.3 Å². The van der Waals surface area contributed by atoms with Gasteiger partial charge in [-0.05, 0) is 49.6 Å². The second-order valence-electron chi connectivity index (χ2n) is 6.18. The maximum Gasteiger partial charge on any atom is 0.311 e. The van der Waals surface area contributed by atoms with Gasteiger partial charge in [-0.15, -0.1) is 11.8 Å². The fourth-order valence-electron chi connectivity index (χ4n) is 2.79. The van der Waals surface area contributed by atoms with E-state index >= 15 is 0 Å². The standard InChI is InChI=1S/C20H24N2O4S/c1-5-21(17-10-14(2)6-7-15(17)3)20(23)13-27-12-16-8-9-19(26-4)18(11-16)22(24)25/h6-11H,5,12-13H2,1-4H3. The number of nitrogens with zero attached hydrogens (tertiary/aromatic N) is 2. The van der Waals surface area contributed by atoms with Gasteiger partial charge in [-0.2, -0.15) is 0 Å². The fraction of sp³-hybridized carbons (Fsp3) is 0.350. The third-order valence-electron chi connectivity index (χ3n) is 4.21. The lowest BCUT2D eigenvalue weighted by Gasteiger charge is -2.23. The summed E-state index contributed by atoms with van der Waals surface area (Å²) in [7, 11) is 1.40. The molecule has 0 heterocycles. The molecule has 0 aromatic heterocycles. The molecule has 0 saturated carbocycles. The van der Waals surface area contributed by atoms with Crippen LogP contribution in [0.5, 0.6) is 5.75 Å². The van der Waals surface area contributed by atoms with E-state index in [1.807, 2.05) is 39.0 Å². The van der Waals surface area contributed by atoms with E-state index in [4.69, 9.17) is 4.74 Å². The molecule has 0 radical (unpaired) electrons. The second kappa shape index (κ2) is 9.41. The van der Waals surface area contributed by atoms with Crippen LogP contribution in [-0.4, -0.2) is 30.2 Å². The Kier molecular flexibility index (Phi) is 7.24. The van der Waals surface area contributed by atoms with Crippen molar-refractivity contribution in [2.45, 2.75) is 26.5 Å². The van der Waals surface area contributed by atoms with Gasteiger partial charge >= 0.3 is 5.69 Å². The molecular formula is C20H24N2O4S. The number of anilines is 1. The van der Waals surface area contributed by atoms with E-state index in [-0.39, 0.29) is 17.3 Å². The number of carbonyl (C=O) groups is 1. The summed E-state index contributed by atoms with van der Waals surface area (Å²) in [5, 5.41) is 11.1. The predicted octanol–water partition coefficient (Wildman–Crippen LogP) is 4.51. The first-order valence-electron chi connectivity index (χ1n) is 8.64. The smallest absolute Gasteiger partial charge is 0.311 e. The lowest BCUT2D eigenvalue weighted by Crippen LogP contribution is -2.32. The molecule has 0 fully saturated rings. The van der Waals surface area contributed by atoms with Crippen molar-refractivity contribution in [3.63, 3.8) is 0 Å². The van der Waals surface area contributed by atoms with Crippen molar-refractivity contribution in [3.05, 3.63) is 63.2 Å². The van der Waals surface area contributed by atoms with Gasteiger partial charge in [0.05, 0.1) is 17.8 Å². The van der Waals surface area contributed by atoms with Gasteiger partial charge in [0, 0.05) is 24.1 Å². The molecule has 27 heavy (non-hydrogen) atoms. The number of amides is 1. The first-order valence-corrected chi connectivity index (χ1v) is 9.79. The number of aryl methyl sites for hydroxylation is 2. The largest absolute Gasteiger partial charge is 0.490 e. The molecule has 0 aliphatic rings. The van der Waals surface area contributed by atoms with E-state index in [2.05, 4.69) is 0 Å². The van der Waals surface area contributed by atoms with E-state index < -0.39 is 4.92 Å². The normalized spacial score (nSPS) is 10.5. The Morgan fingerprint density at radius 2 is 1.96 bits per heavy atom. The average Bonchev–Trinajstić information content (AvgIpc) is 2.65. The average molecular weight is 388 g/mol. The molecule has 1 amide bonds. The molecule has 0 N–H and O–H groups in total. The van der Waals surface area contributed by atoms with Gasteiger partial charge in [0.1, 0.15) is 0 Å². The van der Waals surface area contributed by atoms with Gasteiger partial charge in [0.15, 0.2) is 5.75 Å². The summed E-state index contributed by atoms with van der Waals surface area (Å²) in [5.41, 5.74) is 3.83. The van der Waals surface area contributed by atoms with Gasteiger partial charge in [-0.25, -0.2) is 0 Å². The van der Waals surface area contributed by atoms with Crippen LogP contribution in [-0.2, 0) is 10.5 Å². The molecule has 0 bridgehead atoms. The maximum atomic E-state index is 12.7. The van der Waals surface area contributed by atoms with Crippen molar-refractivity contribution < 1.29 is 14.5 Å². The molecular weight excluding hydrogens is 364 g/mol. The van der Waals surface area contributed by atoms with E-state index in [1.54, 1.807) is 17.0 Å². The van der Waals surface area contributed by atoms with Crippen LogP contribution < -0.4 is 9.64 Å². The molecule has 0 saturated heterocycles. The Bertz CT molecular complexity index is 839. The van der Waals surface area contributed by atoms with Crippen LogP contribution in [0.25, 0.3) is 0 Å². The molecule has 2 aromatic carbocycles. The van der Waals surface area contributed by atoms with Crippen LogP contribution in [0, 0.1) is 24.0 Å². The molecule has 0 spiro atoms. The quantitative estimate of drug-likeness (QED) is 0.491. The van der Waals surface area contributed by atoms with Crippen LogP contribution in [0.1, 0.15) is 23.6 Å². The maximum absolute atomic E-state index is 12.7. The minimum absolute atomic E-state index is 0.0270. The number of ether oxygens (including phenoxy) is 1. The Morgan fingerprint density at radius 3 is 2.59 bits per heavy atom. The molecule has 2 aromatic rings. The summed E-state index contributed by atoms with van der Waals surface area (Å²) >= 11 is 1.44. The monoisotopic (exact) mass is 388 g/mol. The summed E-state index contributed by atoms with van der Waals surface area (Å²) < 4.78 is 5.01. The molecule has 0 atom stereocenters. The first kappa shape index (κ1) is 20.8. The van der Waals surface area contributed by atoms with Crippen molar-refractivity contribution in [2.24, 2.45) is 0 Å². The van der Waals surface area contributed by atoms with E-state index in [0.717, 1.165) is 22.4 Å². The number of hydrogen-bond donors (Lipinski definition) is 0. The molecule has 0 unspecified atom stereocenters. The number of benzene rings is 2. The molecule has 7 heteroatoms. The number of thioether (sulfide) groups is 1. The summed E-state index contributed by atoms with van der Waals surface area (Å²) in [5.74, 6) is 1.08. The summed E-state index contributed by atoms with van der Waals surface area (Å²) in [6.45, 7) is 6.55. The van der Waals surface area contributed by atoms with Crippen molar-refractivity contribution in [1.29, 1.82) is 0 Å². The minimum atomic E-state index is -0.461. The first-order chi connectivity index (χ1) is 12.9. The predicted molar refractivity (Wildman–Crippen MR) is 110 cm³/mol. The summed E-state index contributed by atoms with van der Waals surface area (Å²) in [4.78, 5) is 25.1. The summed E-state index contributed by atoms with van der Waals surface area (Å²) in [6, 6.07) is 10.9. The lowest BCUT2D eigenvalue weighted by atomic mass is 10.1. The Balaban J connectivity index is 2.03. The fourth-order valence-corrected chi connectivity index (χ4v) is 3.64. The van der Waals surface area contributed by atoms with Crippen molar-refractivity contribution in [1.82, 2.24) is 0 Å². The third kappa shape index (κ3) is 5.23. The van der Waals surface area contributed by atoms with Gasteiger partial charge in [-0.1, -0.05) is 18.2 Å². The number of nitro benzene ring substituents is 1.